The first-order valence-electron chi connectivity index (χ1n) is 8.25. The molecule has 0 atom stereocenters. The minimum atomic E-state index is 0.137. The number of thiazole rings is 1. The summed E-state index contributed by atoms with van der Waals surface area (Å²) in [6, 6.07) is 8.02. The molecule has 1 aliphatic carbocycles. The van der Waals surface area contributed by atoms with E-state index in [1.807, 2.05) is 28.0 Å². The van der Waals surface area contributed by atoms with Gasteiger partial charge < -0.3 is 9.80 Å². The second-order valence-corrected chi connectivity index (χ2v) is 8.47. The summed E-state index contributed by atoms with van der Waals surface area (Å²) in [6.07, 6.45) is 2.08. The van der Waals surface area contributed by atoms with E-state index in [-0.39, 0.29) is 17.7 Å². The molecular weight excluding hydrogens is 342 g/mol. The third-order valence-corrected chi connectivity index (χ3v) is 6.63. The highest BCUT2D eigenvalue weighted by atomic mass is 32.2. The van der Waals surface area contributed by atoms with Gasteiger partial charge in [-0.05, 0) is 25.0 Å². The molecule has 126 valence electrons. The second kappa shape index (κ2) is 6.72. The van der Waals surface area contributed by atoms with Crippen molar-refractivity contribution in [2.75, 3.05) is 31.9 Å². The summed E-state index contributed by atoms with van der Waals surface area (Å²) in [4.78, 5) is 32.8. The maximum Gasteiger partial charge on any atom is 0.233 e. The van der Waals surface area contributed by atoms with Crippen LogP contribution in [0.25, 0.3) is 10.2 Å². The van der Waals surface area contributed by atoms with E-state index < -0.39 is 0 Å². The van der Waals surface area contributed by atoms with Crippen LogP contribution >= 0.6 is 23.1 Å². The van der Waals surface area contributed by atoms with E-state index in [4.69, 9.17) is 0 Å². The minimum absolute atomic E-state index is 0.137. The molecular formula is C17H19N3O2S2. The van der Waals surface area contributed by atoms with Crippen LogP contribution in [0.1, 0.15) is 12.8 Å². The number of para-hydroxylation sites is 1. The molecule has 0 radical (unpaired) electrons. The number of thioether (sulfide) groups is 1. The monoisotopic (exact) mass is 361 g/mol. The molecule has 24 heavy (non-hydrogen) atoms. The minimum Gasteiger partial charge on any atom is -0.339 e. The lowest BCUT2D eigenvalue weighted by Crippen LogP contribution is -2.51. The fraction of sp³-hybridized carbons (Fsp3) is 0.471. The number of aromatic nitrogens is 1. The number of carbonyl (C=O) groups is 2. The molecule has 1 saturated carbocycles. The predicted octanol–water partition coefficient (Wildman–Crippen LogP) is 2.47. The number of benzene rings is 1. The number of piperazine rings is 1. The first-order chi connectivity index (χ1) is 11.7. The molecule has 2 heterocycles. The molecule has 0 spiro atoms. The number of nitrogens with zero attached hydrogens (tertiary/aromatic N) is 3. The van der Waals surface area contributed by atoms with Crippen molar-refractivity contribution in [2.24, 2.45) is 5.92 Å². The van der Waals surface area contributed by atoms with E-state index >= 15 is 0 Å². The molecule has 1 saturated heterocycles. The highest BCUT2D eigenvalue weighted by Crippen LogP contribution is 2.31. The van der Waals surface area contributed by atoms with Gasteiger partial charge in [-0.25, -0.2) is 4.98 Å². The molecule has 1 aliphatic heterocycles. The SMILES string of the molecule is O=C(CSc1nc2ccccc2s1)N1CCN(C(=O)C2CC2)CC1. The number of hydrogen-bond donors (Lipinski definition) is 0. The van der Waals surface area contributed by atoms with E-state index in [2.05, 4.69) is 11.1 Å². The normalized spacial score (nSPS) is 18.2. The van der Waals surface area contributed by atoms with Crippen LogP contribution in [0.3, 0.4) is 0 Å². The Morgan fingerprint density at radius 1 is 1.12 bits per heavy atom. The van der Waals surface area contributed by atoms with Crippen LogP contribution in [-0.2, 0) is 9.59 Å². The predicted molar refractivity (Wildman–Crippen MR) is 96.2 cm³/mol. The van der Waals surface area contributed by atoms with Gasteiger partial charge in [-0.15, -0.1) is 11.3 Å². The molecule has 2 aliphatic rings. The van der Waals surface area contributed by atoms with Crippen molar-refractivity contribution in [3.63, 3.8) is 0 Å². The van der Waals surface area contributed by atoms with E-state index in [1.165, 1.54) is 11.8 Å². The first-order valence-corrected chi connectivity index (χ1v) is 10.1. The van der Waals surface area contributed by atoms with Crippen molar-refractivity contribution >= 4 is 45.1 Å². The number of amides is 2. The molecule has 5 nitrogen and oxygen atoms in total. The van der Waals surface area contributed by atoms with Gasteiger partial charge in [-0.3, -0.25) is 9.59 Å². The van der Waals surface area contributed by atoms with Crippen LogP contribution in [-0.4, -0.2) is 58.5 Å². The van der Waals surface area contributed by atoms with Crippen molar-refractivity contribution in [3.8, 4) is 0 Å². The summed E-state index contributed by atoms with van der Waals surface area (Å²) in [6.45, 7) is 2.65. The van der Waals surface area contributed by atoms with E-state index in [0.29, 0.717) is 31.9 Å². The average molecular weight is 361 g/mol. The molecule has 0 N–H and O–H groups in total. The number of fused-ring (bicyclic) bond motifs is 1. The molecule has 1 aromatic carbocycles. The van der Waals surface area contributed by atoms with E-state index in [9.17, 15) is 9.59 Å². The fourth-order valence-electron chi connectivity index (χ4n) is 2.89. The van der Waals surface area contributed by atoms with Crippen LogP contribution in [0.15, 0.2) is 28.6 Å². The van der Waals surface area contributed by atoms with E-state index in [0.717, 1.165) is 27.4 Å². The Morgan fingerprint density at radius 2 is 1.83 bits per heavy atom. The van der Waals surface area contributed by atoms with Crippen molar-refractivity contribution in [2.45, 2.75) is 17.2 Å². The zero-order valence-electron chi connectivity index (χ0n) is 13.3. The molecule has 0 bridgehead atoms. The Morgan fingerprint density at radius 3 is 2.54 bits per heavy atom. The topological polar surface area (TPSA) is 53.5 Å². The fourth-order valence-corrected chi connectivity index (χ4v) is 4.86. The van der Waals surface area contributed by atoms with Crippen molar-refractivity contribution < 1.29 is 9.59 Å². The Bertz CT molecular complexity index is 731. The first kappa shape index (κ1) is 15.9. The lowest BCUT2D eigenvalue weighted by molar-refractivity contribution is -0.139. The van der Waals surface area contributed by atoms with E-state index in [1.54, 1.807) is 11.3 Å². The summed E-state index contributed by atoms with van der Waals surface area (Å²) in [7, 11) is 0. The molecule has 7 heteroatoms. The van der Waals surface area contributed by atoms with Crippen molar-refractivity contribution in [3.05, 3.63) is 24.3 Å². The molecule has 2 fully saturated rings. The zero-order chi connectivity index (χ0) is 16.5. The Labute approximate surface area is 149 Å². The third-order valence-electron chi connectivity index (χ3n) is 4.46. The molecule has 2 aromatic rings. The van der Waals surface area contributed by atoms with Crippen LogP contribution < -0.4 is 0 Å². The average Bonchev–Trinajstić information content (AvgIpc) is 3.38. The standard InChI is InChI=1S/C17H19N3O2S2/c21-15(11-23-17-18-13-3-1-2-4-14(13)24-17)19-7-9-20(10-8-19)16(22)12-5-6-12/h1-4,12H,5-11H2. The van der Waals surface area contributed by atoms with Crippen LogP contribution in [0.5, 0.6) is 0 Å². The van der Waals surface area contributed by atoms with Gasteiger partial charge in [0.25, 0.3) is 0 Å². The number of rotatable bonds is 4. The summed E-state index contributed by atoms with van der Waals surface area (Å²) in [5.41, 5.74) is 0.990. The maximum atomic E-state index is 12.4. The van der Waals surface area contributed by atoms with Crippen molar-refractivity contribution in [1.82, 2.24) is 14.8 Å². The smallest absolute Gasteiger partial charge is 0.233 e. The number of carbonyl (C=O) groups excluding carboxylic acids is 2. The lowest BCUT2D eigenvalue weighted by atomic mass is 10.2. The van der Waals surface area contributed by atoms with Gasteiger partial charge in [-0.2, -0.15) is 0 Å². The van der Waals surface area contributed by atoms with Crippen molar-refractivity contribution in [1.29, 1.82) is 0 Å². The quantitative estimate of drug-likeness (QED) is 0.785. The van der Waals surface area contributed by atoms with Gasteiger partial charge in [0.05, 0.1) is 16.0 Å². The van der Waals surface area contributed by atoms with Gasteiger partial charge in [0.15, 0.2) is 4.34 Å². The molecule has 0 unspecified atom stereocenters. The highest BCUT2D eigenvalue weighted by Gasteiger charge is 2.35. The summed E-state index contributed by atoms with van der Waals surface area (Å²) in [5.74, 6) is 1.10. The lowest BCUT2D eigenvalue weighted by Gasteiger charge is -2.34. The van der Waals surface area contributed by atoms with Gasteiger partial charge >= 0.3 is 0 Å². The Balaban J connectivity index is 1.28. The van der Waals surface area contributed by atoms with Crippen LogP contribution in [0, 0.1) is 5.92 Å². The van der Waals surface area contributed by atoms with Gasteiger partial charge in [0.1, 0.15) is 0 Å². The largest absolute Gasteiger partial charge is 0.339 e. The molecule has 4 rings (SSSR count). The summed E-state index contributed by atoms with van der Waals surface area (Å²) >= 11 is 3.13. The summed E-state index contributed by atoms with van der Waals surface area (Å²) < 4.78 is 2.09. The summed E-state index contributed by atoms with van der Waals surface area (Å²) in [5, 5.41) is 0. The van der Waals surface area contributed by atoms with Gasteiger partial charge in [-0.1, -0.05) is 23.9 Å². The zero-order valence-corrected chi connectivity index (χ0v) is 14.9. The third kappa shape index (κ3) is 3.42. The number of hydrogen-bond acceptors (Lipinski definition) is 5. The van der Waals surface area contributed by atoms with Crippen LogP contribution in [0.2, 0.25) is 0 Å². The Hall–Kier alpha value is -1.60. The maximum absolute atomic E-state index is 12.4. The van der Waals surface area contributed by atoms with Gasteiger partial charge in [0, 0.05) is 32.1 Å². The second-order valence-electron chi connectivity index (χ2n) is 6.22. The van der Waals surface area contributed by atoms with Crippen LogP contribution in [0.4, 0.5) is 0 Å². The van der Waals surface area contributed by atoms with Gasteiger partial charge in [0.2, 0.25) is 11.8 Å². The molecule has 2 amide bonds. The Kier molecular flexibility index (Phi) is 4.45. The molecule has 1 aromatic heterocycles. The highest BCUT2D eigenvalue weighted by molar-refractivity contribution is 8.01.